The molecule has 6 heteroatoms. The van der Waals surface area contributed by atoms with Crippen molar-refractivity contribution in [3.63, 3.8) is 0 Å². The highest BCUT2D eigenvalue weighted by molar-refractivity contribution is 5.82. The molecule has 3 saturated heterocycles. The van der Waals surface area contributed by atoms with Gasteiger partial charge in [-0.2, -0.15) is 0 Å². The van der Waals surface area contributed by atoms with Crippen molar-refractivity contribution < 1.29 is 29.2 Å². The first-order valence-corrected chi connectivity index (χ1v) is 9.84. The Bertz CT molecular complexity index is 721. The number of carbonyl (C=O) groups excluding carboxylic acids is 1. The lowest BCUT2D eigenvalue weighted by Gasteiger charge is -2.62. The van der Waals surface area contributed by atoms with Gasteiger partial charge in [0.25, 0.3) is 0 Å². The van der Waals surface area contributed by atoms with E-state index in [4.69, 9.17) is 14.2 Å². The van der Waals surface area contributed by atoms with Crippen LogP contribution in [0.4, 0.5) is 0 Å². The monoisotopic (exact) mass is 362 g/mol. The summed E-state index contributed by atoms with van der Waals surface area (Å²) in [6.07, 6.45) is 0.570. The van der Waals surface area contributed by atoms with Gasteiger partial charge in [0.2, 0.25) is 0 Å². The average molecular weight is 362 g/mol. The van der Waals surface area contributed by atoms with Crippen molar-refractivity contribution >= 4 is 5.97 Å². The van der Waals surface area contributed by atoms with E-state index in [0.29, 0.717) is 31.6 Å². The van der Waals surface area contributed by atoms with E-state index in [1.807, 2.05) is 0 Å². The zero-order chi connectivity index (χ0) is 18.1. The van der Waals surface area contributed by atoms with Gasteiger partial charge in [-0.05, 0) is 42.6 Å². The number of hydrogen-bond donors (Lipinski definition) is 2. The van der Waals surface area contributed by atoms with Gasteiger partial charge in [0.05, 0.1) is 25.4 Å². The summed E-state index contributed by atoms with van der Waals surface area (Å²) in [7, 11) is 0. The molecule has 0 aromatic carbocycles. The van der Waals surface area contributed by atoms with E-state index in [2.05, 4.69) is 13.5 Å². The number of ether oxygens (including phenoxy) is 3. The molecule has 2 spiro atoms. The van der Waals surface area contributed by atoms with Crippen LogP contribution in [0.1, 0.15) is 32.6 Å². The second-order valence-electron chi connectivity index (χ2n) is 9.87. The van der Waals surface area contributed by atoms with E-state index in [1.54, 1.807) is 0 Å². The number of carbonyl (C=O) groups is 1. The predicted octanol–water partition coefficient (Wildman–Crippen LogP) is 1.01. The van der Waals surface area contributed by atoms with Gasteiger partial charge in [-0.25, -0.2) is 0 Å². The molecule has 3 saturated carbocycles. The third-order valence-electron chi connectivity index (χ3n) is 8.88. The number of fused-ring (bicyclic) bond motifs is 1. The Morgan fingerprint density at radius 3 is 2.77 bits per heavy atom. The van der Waals surface area contributed by atoms with Gasteiger partial charge < -0.3 is 24.4 Å². The maximum absolute atomic E-state index is 13.2. The van der Waals surface area contributed by atoms with Crippen molar-refractivity contribution in [3.8, 4) is 0 Å². The van der Waals surface area contributed by atoms with Crippen molar-refractivity contribution in [2.45, 2.75) is 57.2 Å². The maximum Gasteiger partial charge on any atom is 0.315 e. The topological polar surface area (TPSA) is 85.2 Å². The van der Waals surface area contributed by atoms with Gasteiger partial charge >= 0.3 is 5.97 Å². The zero-order valence-electron chi connectivity index (χ0n) is 15.0. The lowest BCUT2D eigenvalue weighted by Crippen LogP contribution is -2.71. The standard InChI is InChI=1S/C20H26O6/c1-9-10-5-11(21)13-19(6-10,15(9)22)17(23)26-12-3-4-18(2)7-24-16-14(18)20(12,13)8-25-16/h10-16,21-22H,1,3-8H2,2H3/t10-,11+,12-,13+,14+,15+,16-,18-,19-,20-/m0/s1. The summed E-state index contributed by atoms with van der Waals surface area (Å²) in [5, 5.41) is 22.3. The van der Waals surface area contributed by atoms with Gasteiger partial charge in [0.15, 0.2) is 6.29 Å². The SMILES string of the molecule is C=C1[C@H]2C[C@@H](O)[C@@H]3[C@](C2)(C(=O)O[C@H]2CC[C@@]4(C)CO[C@H]5OC[C@]23[C@H]54)[C@@H]1O. The summed E-state index contributed by atoms with van der Waals surface area (Å²) in [6.45, 7) is 7.34. The normalized spacial score (nSPS) is 62.5. The molecular weight excluding hydrogens is 336 g/mol. The van der Waals surface area contributed by atoms with E-state index in [1.165, 1.54) is 0 Å². The number of aliphatic hydroxyl groups is 2. The van der Waals surface area contributed by atoms with Crippen LogP contribution in [0.5, 0.6) is 0 Å². The third-order valence-corrected chi connectivity index (χ3v) is 8.88. The fraction of sp³-hybridized carbons (Fsp3) is 0.850. The highest BCUT2D eigenvalue weighted by Crippen LogP contribution is 2.73. The second kappa shape index (κ2) is 4.54. The van der Waals surface area contributed by atoms with Crippen LogP contribution in [0.2, 0.25) is 0 Å². The van der Waals surface area contributed by atoms with Gasteiger partial charge in [0.1, 0.15) is 11.5 Å². The van der Waals surface area contributed by atoms with Crippen molar-refractivity contribution in [1.29, 1.82) is 0 Å². The smallest absolute Gasteiger partial charge is 0.315 e. The highest BCUT2D eigenvalue weighted by Gasteiger charge is 2.80. The first-order valence-electron chi connectivity index (χ1n) is 9.84. The molecule has 3 heterocycles. The van der Waals surface area contributed by atoms with Crippen LogP contribution in [0.15, 0.2) is 12.2 Å². The first-order chi connectivity index (χ1) is 12.3. The molecule has 0 radical (unpaired) electrons. The van der Waals surface area contributed by atoms with Crippen molar-refractivity contribution in [1.82, 2.24) is 0 Å². The highest BCUT2D eigenvalue weighted by atomic mass is 16.7. The number of esters is 1. The number of hydrogen-bond acceptors (Lipinski definition) is 6. The van der Waals surface area contributed by atoms with Gasteiger partial charge in [0, 0.05) is 17.3 Å². The number of aliphatic hydroxyl groups excluding tert-OH is 2. The summed E-state index contributed by atoms with van der Waals surface area (Å²) in [5.41, 5.74) is -0.942. The Labute approximate surface area is 152 Å². The Kier molecular flexibility index (Phi) is 2.80. The van der Waals surface area contributed by atoms with Crippen LogP contribution in [0.3, 0.4) is 0 Å². The molecular formula is C20H26O6. The molecule has 0 aromatic heterocycles. The Balaban J connectivity index is 1.58. The fourth-order valence-electron chi connectivity index (χ4n) is 7.96. The van der Waals surface area contributed by atoms with Crippen molar-refractivity contribution in [2.24, 2.45) is 34.0 Å². The molecule has 6 fully saturated rings. The molecule has 3 aliphatic heterocycles. The molecule has 2 bridgehead atoms. The fourth-order valence-corrected chi connectivity index (χ4v) is 7.96. The molecule has 142 valence electrons. The Morgan fingerprint density at radius 2 is 1.96 bits per heavy atom. The molecule has 3 aliphatic carbocycles. The van der Waals surface area contributed by atoms with Crippen molar-refractivity contribution in [3.05, 3.63) is 12.2 Å². The van der Waals surface area contributed by atoms with Crippen LogP contribution in [-0.2, 0) is 19.0 Å². The molecule has 6 aliphatic rings. The van der Waals surface area contributed by atoms with Gasteiger partial charge in [-0.15, -0.1) is 0 Å². The van der Waals surface area contributed by atoms with E-state index in [9.17, 15) is 15.0 Å². The first kappa shape index (κ1) is 16.0. The molecule has 0 amide bonds. The van der Waals surface area contributed by atoms with E-state index >= 15 is 0 Å². The predicted molar refractivity (Wildman–Crippen MR) is 88.6 cm³/mol. The summed E-state index contributed by atoms with van der Waals surface area (Å²) in [4.78, 5) is 13.2. The second-order valence-corrected chi connectivity index (χ2v) is 9.87. The average Bonchev–Trinajstić information content (AvgIpc) is 3.22. The molecule has 6 nitrogen and oxygen atoms in total. The quantitative estimate of drug-likeness (QED) is 0.494. The summed E-state index contributed by atoms with van der Waals surface area (Å²) in [6, 6.07) is 0. The van der Waals surface area contributed by atoms with E-state index in [0.717, 1.165) is 12.8 Å². The third kappa shape index (κ3) is 1.45. The minimum absolute atomic E-state index is 0.0235. The molecule has 26 heavy (non-hydrogen) atoms. The molecule has 0 unspecified atom stereocenters. The van der Waals surface area contributed by atoms with E-state index < -0.39 is 23.0 Å². The van der Waals surface area contributed by atoms with Crippen LogP contribution < -0.4 is 0 Å². The summed E-state index contributed by atoms with van der Waals surface area (Å²) >= 11 is 0. The summed E-state index contributed by atoms with van der Waals surface area (Å²) in [5.74, 6) is -0.664. The van der Waals surface area contributed by atoms with Crippen LogP contribution >= 0.6 is 0 Å². The van der Waals surface area contributed by atoms with Gasteiger partial charge in [-0.3, -0.25) is 4.79 Å². The summed E-state index contributed by atoms with van der Waals surface area (Å²) < 4.78 is 18.1. The van der Waals surface area contributed by atoms with Crippen molar-refractivity contribution in [2.75, 3.05) is 13.2 Å². The molecule has 2 N–H and O–H groups in total. The van der Waals surface area contributed by atoms with Crippen LogP contribution in [0, 0.1) is 34.0 Å². The maximum atomic E-state index is 13.2. The lowest BCUT2D eigenvalue weighted by molar-refractivity contribution is -0.259. The van der Waals surface area contributed by atoms with Gasteiger partial charge in [-0.1, -0.05) is 13.5 Å². The largest absolute Gasteiger partial charge is 0.461 e. The Morgan fingerprint density at radius 1 is 1.19 bits per heavy atom. The van der Waals surface area contributed by atoms with E-state index in [-0.39, 0.29) is 41.5 Å². The minimum Gasteiger partial charge on any atom is -0.461 e. The molecule has 6 rings (SSSR count). The Hall–Kier alpha value is -0.950. The minimum atomic E-state index is -1.09. The zero-order valence-corrected chi connectivity index (χ0v) is 15.0. The lowest BCUT2D eigenvalue weighted by atomic mass is 9.43. The van der Waals surface area contributed by atoms with Crippen LogP contribution in [-0.4, -0.2) is 54.0 Å². The van der Waals surface area contributed by atoms with Crippen LogP contribution in [0.25, 0.3) is 0 Å². The molecule has 0 aromatic rings. The number of rotatable bonds is 0. The molecule has 10 atom stereocenters.